The topological polar surface area (TPSA) is 127 Å². The van der Waals surface area contributed by atoms with Gasteiger partial charge in [-0.25, -0.2) is 9.97 Å². The second-order valence-corrected chi connectivity index (χ2v) is 5.11. The Bertz CT molecular complexity index is 826. The van der Waals surface area contributed by atoms with E-state index < -0.39 is 5.91 Å². The van der Waals surface area contributed by atoms with Crippen LogP contribution < -0.4 is 11.1 Å². The molecular weight excluding hydrogens is 304 g/mol. The first-order chi connectivity index (χ1) is 10.6. The van der Waals surface area contributed by atoms with E-state index in [1.807, 2.05) is 0 Å². The number of primary amides is 1. The molecule has 3 rings (SSSR count). The van der Waals surface area contributed by atoms with E-state index in [2.05, 4.69) is 25.3 Å². The molecule has 0 bridgehead atoms. The molecule has 0 spiro atoms. The first-order valence-electron chi connectivity index (χ1n) is 6.15. The number of nitrogens with one attached hydrogen (secondary N) is 2. The van der Waals surface area contributed by atoms with E-state index in [-0.39, 0.29) is 11.6 Å². The summed E-state index contributed by atoms with van der Waals surface area (Å²) in [5.41, 5.74) is 7.03. The number of nitrogens with two attached hydrogens (primary N) is 1. The number of hydrogen-bond donors (Lipinski definition) is 3. The first-order valence-corrected chi connectivity index (χ1v) is 7.03. The summed E-state index contributed by atoms with van der Waals surface area (Å²) < 4.78 is 0. The molecule has 9 heteroatoms. The van der Waals surface area contributed by atoms with Gasteiger partial charge in [0.05, 0.1) is 11.9 Å². The fourth-order valence-electron chi connectivity index (χ4n) is 1.73. The van der Waals surface area contributed by atoms with Crippen LogP contribution in [-0.2, 0) is 0 Å². The quantitative estimate of drug-likeness (QED) is 0.668. The number of carbonyl (C=O) groups is 2. The normalized spacial score (nSPS) is 10.4. The van der Waals surface area contributed by atoms with E-state index in [0.717, 1.165) is 0 Å². The molecule has 0 saturated carbocycles. The van der Waals surface area contributed by atoms with Gasteiger partial charge in [-0.05, 0) is 6.07 Å². The Hall–Kier alpha value is -3.07. The van der Waals surface area contributed by atoms with Crippen LogP contribution in [0.1, 0.15) is 21.0 Å². The molecule has 0 atom stereocenters. The van der Waals surface area contributed by atoms with Gasteiger partial charge in [-0.1, -0.05) is 0 Å². The van der Waals surface area contributed by atoms with Gasteiger partial charge in [-0.15, -0.1) is 11.3 Å². The summed E-state index contributed by atoms with van der Waals surface area (Å²) in [6.07, 6.45) is 5.92. The molecule has 0 radical (unpaired) electrons. The van der Waals surface area contributed by atoms with Crippen LogP contribution in [0.2, 0.25) is 0 Å². The highest BCUT2D eigenvalue weighted by Gasteiger charge is 2.12. The van der Waals surface area contributed by atoms with Crippen molar-refractivity contribution in [1.82, 2.24) is 19.9 Å². The van der Waals surface area contributed by atoms with Gasteiger partial charge < -0.3 is 10.7 Å². The molecule has 0 aliphatic rings. The van der Waals surface area contributed by atoms with E-state index in [0.29, 0.717) is 22.1 Å². The lowest BCUT2D eigenvalue weighted by Gasteiger charge is -1.99. The van der Waals surface area contributed by atoms with Crippen molar-refractivity contribution < 1.29 is 9.59 Å². The number of nitrogens with zero attached hydrogens (tertiary/aromatic N) is 3. The Morgan fingerprint density at radius 1 is 1.32 bits per heavy atom. The van der Waals surface area contributed by atoms with Gasteiger partial charge in [0, 0.05) is 29.5 Å². The second-order valence-electron chi connectivity index (χ2n) is 4.25. The van der Waals surface area contributed by atoms with Gasteiger partial charge in [0.15, 0.2) is 5.13 Å². The minimum atomic E-state index is -0.544. The van der Waals surface area contributed by atoms with Crippen LogP contribution >= 0.6 is 11.3 Å². The number of aromatic amines is 1. The number of aromatic nitrogens is 4. The van der Waals surface area contributed by atoms with Crippen LogP contribution in [-0.4, -0.2) is 31.8 Å². The van der Waals surface area contributed by atoms with Crippen LogP contribution in [0.3, 0.4) is 0 Å². The average molecular weight is 314 g/mol. The summed E-state index contributed by atoms with van der Waals surface area (Å²) in [5, 5.41) is 4.83. The van der Waals surface area contributed by atoms with Gasteiger partial charge >= 0.3 is 0 Å². The predicted molar refractivity (Wildman–Crippen MR) is 80.4 cm³/mol. The van der Waals surface area contributed by atoms with E-state index >= 15 is 0 Å². The van der Waals surface area contributed by atoms with Gasteiger partial charge in [0.1, 0.15) is 11.4 Å². The van der Waals surface area contributed by atoms with Gasteiger partial charge in [-0.3, -0.25) is 19.9 Å². The molecule has 0 unspecified atom stereocenters. The lowest BCUT2D eigenvalue weighted by atomic mass is 10.2. The second kappa shape index (κ2) is 5.74. The summed E-state index contributed by atoms with van der Waals surface area (Å²) in [5.74, 6) is -0.932. The molecule has 4 N–H and O–H groups in total. The number of anilines is 1. The summed E-state index contributed by atoms with van der Waals surface area (Å²) in [4.78, 5) is 37.8. The van der Waals surface area contributed by atoms with Gasteiger partial charge in [0.2, 0.25) is 0 Å². The highest BCUT2D eigenvalue weighted by molar-refractivity contribution is 7.14. The zero-order chi connectivity index (χ0) is 15.5. The largest absolute Gasteiger partial charge is 0.364 e. The molecular formula is C13H10N6O2S. The van der Waals surface area contributed by atoms with E-state index in [1.54, 1.807) is 17.6 Å². The SMILES string of the molecule is NC(=O)c1cc(-c2csc(NC(=O)c3cnccn3)n2)c[nH]1. The average Bonchev–Trinajstić information content (AvgIpc) is 3.16. The molecule has 3 aromatic rings. The molecule has 3 heterocycles. The highest BCUT2D eigenvalue weighted by Crippen LogP contribution is 2.25. The Labute approximate surface area is 128 Å². The molecule has 0 aliphatic carbocycles. The maximum atomic E-state index is 11.9. The van der Waals surface area contributed by atoms with Gasteiger partial charge in [0.25, 0.3) is 11.8 Å². The number of thiazole rings is 1. The van der Waals surface area contributed by atoms with Crippen molar-refractivity contribution in [2.24, 2.45) is 5.73 Å². The third-order valence-corrected chi connectivity index (χ3v) is 3.52. The molecule has 2 amide bonds. The third-order valence-electron chi connectivity index (χ3n) is 2.76. The number of amides is 2. The van der Waals surface area contributed by atoms with Crippen LogP contribution in [0.15, 0.2) is 36.2 Å². The number of hydrogen-bond acceptors (Lipinski definition) is 6. The Morgan fingerprint density at radius 2 is 2.18 bits per heavy atom. The van der Waals surface area contributed by atoms with Crippen molar-refractivity contribution in [3.05, 3.63) is 47.6 Å². The molecule has 3 aromatic heterocycles. The summed E-state index contributed by atoms with van der Waals surface area (Å²) >= 11 is 1.26. The molecule has 0 aliphatic heterocycles. The lowest BCUT2D eigenvalue weighted by Crippen LogP contribution is -2.13. The monoisotopic (exact) mass is 314 g/mol. The van der Waals surface area contributed by atoms with Gasteiger partial charge in [-0.2, -0.15) is 0 Å². The summed E-state index contributed by atoms with van der Waals surface area (Å²) in [7, 11) is 0. The zero-order valence-corrected chi connectivity index (χ0v) is 11.9. The van der Waals surface area contributed by atoms with E-state index in [1.165, 1.54) is 29.9 Å². The maximum absolute atomic E-state index is 11.9. The fourth-order valence-corrected chi connectivity index (χ4v) is 2.44. The molecule has 0 fully saturated rings. The molecule has 0 saturated heterocycles. The minimum absolute atomic E-state index is 0.205. The zero-order valence-electron chi connectivity index (χ0n) is 11.1. The van der Waals surface area contributed by atoms with E-state index in [9.17, 15) is 9.59 Å². The highest BCUT2D eigenvalue weighted by atomic mass is 32.1. The van der Waals surface area contributed by atoms with E-state index in [4.69, 9.17) is 5.73 Å². The number of rotatable bonds is 4. The van der Waals surface area contributed by atoms with Crippen molar-refractivity contribution in [1.29, 1.82) is 0 Å². The van der Waals surface area contributed by atoms with Crippen LogP contribution in [0.5, 0.6) is 0 Å². The molecule has 8 nitrogen and oxygen atoms in total. The van der Waals surface area contributed by atoms with Crippen molar-refractivity contribution in [2.75, 3.05) is 5.32 Å². The maximum Gasteiger partial charge on any atom is 0.277 e. The summed E-state index contributed by atoms with van der Waals surface area (Å²) in [6.45, 7) is 0. The Balaban J connectivity index is 1.76. The van der Waals surface area contributed by atoms with Crippen molar-refractivity contribution in [3.63, 3.8) is 0 Å². The lowest BCUT2D eigenvalue weighted by molar-refractivity contribution is 0.0993. The van der Waals surface area contributed by atoms with Crippen LogP contribution in [0.25, 0.3) is 11.3 Å². The predicted octanol–water partition coefficient (Wildman–Crippen LogP) is 1.28. The molecule has 110 valence electrons. The Morgan fingerprint density at radius 3 is 2.86 bits per heavy atom. The first kappa shape index (κ1) is 13.9. The van der Waals surface area contributed by atoms with Crippen LogP contribution in [0, 0.1) is 0 Å². The van der Waals surface area contributed by atoms with Crippen molar-refractivity contribution in [3.8, 4) is 11.3 Å². The standard InChI is InChI=1S/C13H10N6O2S/c14-11(20)8-3-7(4-17-8)10-6-22-13(18-10)19-12(21)9-5-15-1-2-16-9/h1-6,17H,(H2,14,20)(H,18,19,21). The Kier molecular flexibility index (Phi) is 3.62. The fraction of sp³-hybridized carbons (Fsp3) is 0. The molecule has 22 heavy (non-hydrogen) atoms. The van der Waals surface area contributed by atoms with Crippen LogP contribution in [0.4, 0.5) is 5.13 Å². The van der Waals surface area contributed by atoms with Crippen molar-refractivity contribution >= 4 is 28.3 Å². The minimum Gasteiger partial charge on any atom is -0.364 e. The number of carbonyl (C=O) groups excluding carboxylic acids is 2. The molecule has 0 aromatic carbocycles. The summed E-state index contributed by atoms with van der Waals surface area (Å²) in [6, 6.07) is 1.60. The third kappa shape index (κ3) is 2.83. The van der Waals surface area contributed by atoms with Crippen molar-refractivity contribution in [2.45, 2.75) is 0 Å². The smallest absolute Gasteiger partial charge is 0.277 e. The number of H-pyrrole nitrogens is 1.